The van der Waals surface area contributed by atoms with E-state index in [2.05, 4.69) is 29.2 Å². The molecule has 1 aromatic carbocycles. The molecular formula is C17H23NO. The minimum Gasteiger partial charge on any atom is -0.297 e. The second-order valence-corrected chi connectivity index (χ2v) is 5.90. The highest BCUT2D eigenvalue weighted by Crippen LogP contribution is 2.41. The number of hydrogen-bond acceptors (Lipinski definition) is 2. The summed E-state index contributed by atoms with van der Waals surface area (Å²) in [5.41, 5.74) is 0.918. The molecule has 0 spiro atoms. The van der Waals surface area contributed by atoms with E-state index in [9.17, 15) is 4.79 Å². The predicted molar refractivity (Wildman–Crippen MR) is 77.0 cm³/mol. The standard InChI is InChI=1S/C17H23NO/c19-16-11-5-6-12-17(16,15-9-3-1-4-10-15)18-13-7-2-8-14-18/h1,3-4,9-10H,2,5-8,11-14H2/t17-/m0/s1. The Labute approximate surface area is 115 Å². The fraction of sp³-hybridized carbons (Fsp3) is 0.588. The molecule has 1 heterocycles. The molecule has 1 saturated heterocycles. The number of nitrogens with zero attached hydrogens (tertiary/aromatic N) is 1. The van der Waals surface area contributed by atoms with Gasteiger partial charge in [-0.05, 0) is 44.3 Å². The average Bonchev–Trinajstić information content (AvgIpc) is 2.50. The number of Topliss-reactive ketones (excluding diaryl/α,β-unsaturated/α-hetero) is 1. The molecule has 0 aromatic heterocycles. The summed E-state index contributed by atoms with van der Waals surface area (Å²) in [5, 5.41) is 0. The van der Waals surface area contributed by atoms with Crippen LogP contribution in [-0.4, -0.2) is 23.8 Å². The maximum absolute atomic E-state index is 12.8. The Morgan fingerprint density at radius 2 is 1.63 bits per heavy atom. The molecule has 0 radical (unpaired) electrons. The van der Waals surface area contributed by atoms with E-state index < -0.39 is 0 Å². The van der Waals surface area contributed by atoms with Gasteiger partial charge < -0.3 is 0 Å². The molecule has 1 saturated carbocycles. The Balaban J connectivity index is 2.01. The van der Waals surface area contributed by atoms with Crippen LogP contribution in [0.15, 0.2) is 30.3 Å². The fourth-order valence-electron chi connectivity index (χ4n) is 3.82. The van der Waals surface area contributed by atoms with Crippen LogP contribution in [-0.2, 0) is 10.3 Å². The van der Waals surface area contributed by atoms with E-state index >= 15 is 0 Å². The van der Waals surface area contributed by atoms with Gasteiger partial charge >= 0.3 is 0 Å². The maximum atomic E-state index is 12.8. The van der Waals surface area contributed by atoms with Crippen molar-refractivity contribution < 1.29 is 4.79 Å². The Kier molecular flexibility index (Phi) is 3.69. The molecule has 1 aliphatic heterocycles. The average molecular weight is 257 g/mol. The SMILES string of the molecule is O=C1CCCC[C@@]1(c1ccccc1)N1CCCCC1. The summed E-state index contributed by atoms with van der Waals surface area (Å²) in [7, 11) is 0. The van der Waals surface area contributed by atoms with Crippen LogP contribution in [0.2, 0.25) is 0 Å². The van der Waals surface area contributed by atoms with Crippen molar-refractivity contribution in [3.05, 3.63) is 35.9 Å². The summed E-state index contributed by atoms with van der Waals surface area (Å²) in [6, 6.07) is 10.5. The number of piperidine rings is 1. The molecule has 2 heteroatoms. The number of likely N-dealkylation sites (tertiary alicyclic amines) is 1. The highest BCUT2D eigenvalue weighted by Gasteiger charge is 2.46. The van der Waals surface area contributed by atoms with Crippen molar-refractivity contribution in [2.24, 2.45) is 0 Å². The van der Waals surface area contributed by atoms with Gasteiger partial charge in [-0.1, -0.05) is 43.2 Å². The molecular weight excluding hydrogens is 234 g/mol. The third-order valence-electron chi connectivity index (χ3n) is 4.80. The van der Waals surface area contributed by atoms with Crippen LogP contribution < -0.4 is 0 Å². The van der Waals surface area contributed by atoms with E-state index in [4.69, 9.17) is 0 Å². The number of benzene rings is 1. The van der Waals surface area contributed by atoms with Crippen LogP contribution in [0.1, 0.15) is 50.5 Å². The molecule has 0 bridgehead atoms. The van der Waals surface area contributed by atoms with Crippen LogP contribution in [0.3, 0.4) is 0 Å². The molecule has 0 amide bonds. The van der Waals surface area contributed by atoms with E-state index in [1.807, 2.05) is 6.07 Å². The second-order valence-electron chi connectivity index (χ2n) is 5.90. The number of hydrogen-bond donors (Lipinski definition) is 0. The monoisotopic (exact) mass is 257 g/mol. The van der Waals surface area contributed by atoms with Crippen molar-refractivity contribution >= 4 is 5.78 Å². The fourth-order valence-corrected chi connectivity index (χ4v) is 3.82. The third-order valence-corrected chi connectivity index (χ3v) is 4.80. The van der Waals surface area contributed by atoms with Crippen LogP contribution in [0.25, 0.3) is 0 Å². The van der Waals surface area contributed by atoms with Gasteiger partial charge in [0.15, 0.2) is 5.78 Å². The van der Waals surface area contributed by atoms with E-state index in [0.29, 0.717) is 5.78 Å². The van der Waals surface area contributed by atoms with Crippen LogP contribution in [0.5, 0.6) is 0 Å². The van der Waals surface area contributed by atoms with Crippen molar-refractivity contribution in [3.8, 4) is 0 Å². The lowest BCUT2D eigenvalue weighted by atomic mass is 9.73. The molecule has 2 nitrogen and oxygen atoms in total. The van der Waals surface area contributed by atoms with Gasteiger partial charge in [0.2, 0.25) is 0 Å². The largest absolute Gasteiger partial charge is 0.297 e. The Bertz CT molecular complexity index is 436. The summed E-state index contributed by atoms with van der Waals surface area (Å²) in [5.74, 6) is 0.451. The van der Waals surface area contributed by atoms with E-state index in [1.165, 1.54) is 31.2 Å². The number of ketones is 1. The van der Waals surface area contributed by atoms with Gasteiger partial charge in [0.25, 0.3) is 0 Å². The van der Waals surface area contributed by atoms with Crippen molar-refractivity contribution in [2.75, 3.05) is 13.1 Å². The van der Waals surface area contributed by atoms with Gasteiger partial charge in [-0.25, -0.2) is 0 Å². The van der Waals surface area contributed by atoms with Crippen molar-refractivity contribution in [3.63, 3.8) is 0 Å². The van der Waals surface area contributed by atoms with Crippen molar-refractivity contribution in [1.82, 2.24) is 4.90 Å². The Morgan fingerprint density at radius 3 is 2.32 bits per heavy atom. The zero-order valence-corrected chi connectivity index (χ0v) is 11.6. The van der Waals surface area contributed by atoms with Crippen LogP contribution in [0, 0.1) is 0 Å². The Morgan fingerprint density at radius 1 is 0.895 bits per heavy atom. The zero-order valence-electron chi connectivity index (χ0n) is 11.6. The lowest BCUT2D eigenvalue weighted by Crippen LogP contribution is -2.55. The highest BCUT2D eigenvalue weighted by molar-refractivity contribution is 5.90. The quantitative estimate of drug-likeness (QED) is 0.808. The molecule has 3 rings (SSSR count). The minimum absolute atomic E-state index is 0.306. The van der Waals surface area contributed by atoms with Crippen molar-refractivity contribution in [2.45, 2.75) is 50.5 Å². The van der Waals surface area contributed by atoms with E-state index in [1.54, 1.807) is 0 Å². The summed E-state index contributed by atoms with van der Waals surface area (Å²) >= 11 is 0. The molecule has 19 heavy (non-hydrogen) atoms. The number of carbonyl (C=O) groups is 1. The van der Waals surface area contributed by atoms with Gasteiger partial charge in [0, 0.05) is 6.42 Å². The van der Waals surface area contributed by atoms with Crippen LogP contribution in [0.4, 0.5) is 0 Å². The number of rotatable bonds is 2. The zero-order chi connectivity index (χ0) is 13.1. The second kappa shape index (κ2) is 5.46. The van der Waals surface area contributed by atoms with Gasteiger partial charge in [-0.2, -0.15) is 0 Å². The molecule has 1 aliphatic carbocycles. The first kappa shape index (κ1) is 12.9. The molecule has 0 N–H and O–H groups in total. The van der Waals surface area contributed by atoms with Gasteiger partial charge in [-0.15, -0.1) is 0 Å². The summed E-state index contributed by atoms with van der Waals surface area (Å²) < 4.78 is 0. The first-order valence-electron chi connectivity index (χ1n) is 7.68. The minimum atomic E-state index is -0.306. The number of carbonyl (C=O) groups excluding carboxylic acids is 1. The lowest BCUT2D eigenvalue weighted by Gasteiger charge is -2.47. The summed E-state index contributed by atoms with van der Waals surface area (Å²) in [4.78, 5) is 15.3. The molecule has 2 aliphatic rings. The molecule has 0 unspecified atom stereocenters. The molecule has 2 fully saturated rings. The van der Waals surface area contributed by atoms with E-state index in [0.717, 1.165) is 32.4 Å². The van der Waals surface area contributed by atoms with Gasteiger partial charge in [0.05, 0.1) is 0 Å². The molecule has 1 aromatic rings. The topological polar surface area (TPSA) is 20.3 Å². The maximum Gasteiger partial charge on any atom is 0.157 e. The first-order valence-corrected chi connectivity index (χ1v) is 7.68. The molecule has 102 valence electrons. The first-order chi connectivity index (χ1) is 9.34. The van der Waals surface area contributed by atoms with Gasteiger partial charge in [-0.3, -0.25) is 9.69 Å². The van der Waals surface area contributed by atoms with Crippen LogP contribution >= 0.6 is 0 Å². The lowest BCUT2D eigenvalue weighted by molar-refractivity contribution is -0.136. The van der Waals surface area contributed by atoms with Crippen molar-refractivity contribution in [1.29, 1.82) is 0 Å². The Hall–Kier alpha value is -1.15. The van der Waals surface area contributed by atoms with E-state index in [-0.39, 0.29) is 5.54 Å². The molecule has 1 atom stereocenters. The third kappa shape index (κ3) is 2.23. The predicted octanol–water partition coefficient (Wildman–Crippen LogP) is 3.51. The van der Waals surface area contributed by atoms with Gasteiger partial charge in [0.1, 0.15) is 5.54 Å². The smallest absolute Gasteiger partial charge is 0.157 e. The summed E-state index contributed by atoms with van der Waals surface area (Å²) in [6.07, 6.45) is 7.80. The highest BCUT2D eigenvalue weighted by atomic mass is 16.1. The summed E-state index contributed by atoms with van der Waals surface area (Å²) in [6.45, 7) is 2.17. The normalized spacial score (nSPS) is 29.4.